The Morgan fingerprint density at radius 3 is 2.16 bits per heavy atom. The van der Waals surface area contributed by atoms with Crippen LogP contribution in [0.3, 0.4) is 0 Å². The molecule has 0 aliphatic heterocycles. The molecular formula is C27H23ClN4O5S. The molecule has 0 unspecified atom stereocenters. The molecule has 3 aromatic carbocycles. The van der Waals surface area contributed by atoms with Crippen molar-refractivity contribution in [3.63, 3.8) is 0 Å². The van der Waals surface area contributed by atoms with E-state index < -0.39 is 14.9 Å². The second kappa shape index (κ2) is 11.4. The largest absolute Gasteiger partial charge is 0.322 e. The second-order valence-corrected chi connectivity index (χ2v) is 10.9. The van der Waals surface area contributed by atoms with Crippen LogP contribution in [0.4, 0.5) is 17.1 Å². The SMILES string of the molecule is CS(=O)(=O)N(Cc1ccc(C(=O)Nc2ccc(Cc3ccncc3)cc2)cc1)c1cc([N+](=O)[O-])ccc1Cl. The van der Waals surface area contributed by atoms with Gasteiger partial charge < -0.3 is 5.32 Å². The van der Waals surface area contributed by atoms with Gasteiger partial charge in [-0.05, 0) is 65.6 Å². The lowest BCUT2D eigenvalue weighted by Crippen LogP contribution is -2.29. The van der Waals surface area contributed by atoms with Crippen LogP contribution in [0.1, 0.15) is 27.0 Å². The average Bonchev–Trinajstić information content (AvgIpc) is 2.89. The Balaban J connectivity index is 1.45. The first-order valence-electron chi connectivity index (χ1n) is 11.4. The molecule has 9 nitrogen and oxygen atoms in total. The number of pyridine rings is 1. The summed E-state index contributed by atoms with van der Waals surface area (Å²) in [6, 6.07) is 21.5. The minimum absolute atomic E-state index is 0.00226. The minimum Gasteiger partial charge on any atom is -0.322 e. The first-order chi connectivity index (χ1) is 18.1. The minimum atomic E-state index is -3.83. The highest BCUT2D eigenvalue weighted by molar-refractivity contribution is 7.92. The molecule has 4 aromatic rings. The van der Waals surface area contributed by atoms with Gasteiger partial charge in [-0.1, -0.05) is 35.9 Å². The summed E-state index contributed by atoms with van der Waals surface area (Å²) in [5.74, 6) is -0.319. The maximum absolute atomic E-state index is 12.7. The highest BCUT2D eigenvalue weighted by atomic mass is 35.5. The van der Waals surface area contributed by atoms with Crippen LogP contribution in [0, 0.1) is 10.1 Å². The molecule has 194 valence electrons. The fourth-order valence-corrected chi connectivity index (χ4v) is 4.92. The number of benzene rings is 3. The summed E-state index contributed by atoms with van der Waals surface area (Å²) >= 11 is 6.18. The number of nitro benzene ring substituents is 1. The van der Waals surface area contributed by atoms with Crippen LogP contribution in [0.25, 0.3) is 0 Å². The second-order valence-electron chi connectivity index (χ2n) is 8.54. The molecule has 11 heteroatoms. The number of anilines is 2. The van der Waals surface area contributed by atoms with Crippen LogP contribution >= 0.6 is 11.6 Å². The van der Waals surface area contributed by atoms with E-state index in [0.717, 1.165) is 34.2 Å². The van der Waals surface area contributed by atoms with E-state index in [2.05, 4.69) is 10.3 Å². The third-order valence-corrected chi connectivity index (χ3v) is 7.17. The smallest absolute Gasteiger partial charge is 0.271 e. The molecule has 0 saturated carbocycles. The molecule has 0 saturated heterocycles. The fourth-order valence-electron chi connectivity index (χ4n) is 3.76. The van der Waals surface area contributed by atoms with Crippen molar-refractivity contribution >= 4 is 44.6 Å². The zero-order valence-electron chi connectivity index (χ0n) is 20.2. The Morgan fingerprint density at radius 2 is 1.55 bits per heavy atom. The van der Waals surface area contributed by atoms with Crippen molar-refractivity contribution in [2.45, 2.75) is 13.0 Å². The van der Waals surface area contributed by atoms with Gasteiger partial charge in [-0.3, -0.25) is 24.2 Å². The number of halogens is 1. The summed E-state index contributed by atoms with van der Waals surface area (Å²) in [6.45, 7) is -0.124. The molecule has 4 rings (SSSR count). The number of carbonyl (C=O) groups is 1. The summed E-state index contributed by atoms with van der Waals surface area (Å²) in [7, 11) is -3.83. The van der Waals surface area contributed by atoms with Crippen LogP contribution in [-0.4, -0.2) is 30.5 Å². The molecule has 0 radical (unpaired) electrons. The lowest BCUT2D eigenvalue weighted by atomic mass is 10.1. The number of non-ortho nitro benzene ring substituents is 1. The van der Waals surface area contributed by atoms with Crippen LogP contribution in [0.15, 0.2) is 91.3 Å². The van der Waals surface area contributed by atoms with Crippen LogP contribution in [-0.2, 0) is 23.0 Å². The number of hydrogen-bond donors (Lipinski definition) is 1. The summed E-state index contributed by atoms with van der Waals surface area (Å²) < 4.78 is 26.0. The summed E-state index contributed by atoms with van der Waals surface area (Å²) in [5, 5.41) is 14.1. The molecule has 0 fully saturated rings. The van der Waals surface area contributed by atoms with E-state index in [4.69, 9.17) is 11.6 Å². The predicted octanol–water partition coefficient (Wildman–Crippen LogP) is 5.45. The van der Waals surface area contributed by atoms with Gasteiger partial charge in [-0.25, -0.2) is 8.42 Å². The lowest BCUT2D eigenvalue weighted by Gasteiger charge is -2.23. The highest BCUT2D eigenvalue weighted by Crippen LogP contribution is 2.32. The van der Waals surface area contributed by atoms with Gasteiger partial charge in [0.1, 0.15) is 0 Å². The van der Waals surface area contributed by atoms with Gasteiger partial charge in [0.15, 0.2) is 0 Å². The number of carbonyl (C=O) groups excluding carboxylic acids is 1. The zero-order chi connectivity index (χ0) is 27.3. The number of hydrogen-bond acceptors (Lipinski definition) is 6. The van der Waals surface area contributed by atoms with Crippen molar-refractivity contribution in [3.8, 4) is 0 Å². The van der Waals surface area contributed by atoms with Crippen molar-refractivity contribution in [1.82, 2.24) is 4.98 Å². The molecule has 1 N–H and O–H groups in total. The zero-order valence-corrected chi connectivity index (χ0v) is 21.8. The Bertz CT molecular complexity index is 1560. The van der Waals surface area contributed by atoms with Gasteiger partial charge in [0.05, 0.1) is 28.4 Å². The molecular weight excluding hydrogens is 528 g/mol. The van der Waals surface area contributed by atoms with Crippen LogP contribution in [0.5, 0.6) is 0 Å². The van der Waals surface area contributed by atoms with Crippen LogP contribution in [0.2, 0.25) is 5.02 Å². The van der Waals surface area contributed by atoms with Crippen molar-refractivity contribution in [2.24, 2.45) is 0 Å². The molecule has 1 amide bonds. The maximum atomic E-state index is 12.7. The average molecular weight is 551 g/mol. The van der Waals surface area contributed by atoms with Gasteiger partial charge >= 0.3 is 0 Å². The monoisotopic (exact) mass is 550 g/mol. The Morgan fingerprint density at radius 1 is 0.947 bits per heavy atom. The number of aromatic nitrogens is 1. The maximum Gasteiger partial charge on any atom is 0.271 e. The number of nitrogens with one attached hydrogen (secondary N) is 1. The lowest BCUT2D eigenvalue weighted by molar-refractivity contribution is -0.384. The molecule has 38 heavy (non-hydrogen) atoms. The standard InChI is InChI=1S/C27H23ClN4O5S/c1-38(36,37)31(26-17-24(32(34)35)10-11-25(26)28)18-21-2-6-22(7-3-21)27(33)30-23-8-4-19(5-9-23)16-20-12-14-29-15-13-20/h2-15,17H,16,18H2,1H3,(H,30,33). The number of amides is 1. The summed E-state index contributed by atoms with van der Waals surface area (Å²) in [5.41, 5.74) is 3.54. The van der Waals surface area contributed by atoms with Gasteiger partial charge in [0, 0.05) is 35.8 Å². The molecule has 1 aromatic heterocycles. The number of nitro groups is 1. The van der Waals surface area contributed by atoms with E-state index in [1.54, 1.807) is 36.7 Å². The predicted molar refractivity (Wildman–Crippen MR) is 147 cm³/mol. The Labute approximate surface area is 224 Å². The molecule has 1 heterocycles. The van der Waals surface area contributed by atoms with Crippen molar-refractivity contribution in [1.29, 1.82) is 0 Å². The van der Waals surface area contributed by atoms with E-state index in [1.165, 1.54) is 12.1 Å². The third kappa shape index (κ3) is 6.72. The Kier molecular flexibility index (Phi) is 8.04. The number of rotatable bonds is 9. The first kappa shape index (κ1) is 26.8. The van der Waals surface area contributed by atoms with E-state index >= 15 is 0 Å². The quantitative estimate of drug-likeness (QED) is 0.218. The number of nitrogens with zero attached hydrogens (tertiary/aromatic N) is 3. The van der Waals surface area contributed by atoms with Gasteiger partial charge in [-0.15, -0.1) is 0 Å². The molecule has 0 aliphatic rings. The molecule has 0 aliphatic carbocycles. The van der Waals surface area contributed by atoms with Crippen molar-refractivity contribution in [2.75, 3.05) is 15.9 Å². The van der Waals surface area contributed by atoms with Crippen LogP contribution < -0.4 is 9.62 Å². The van der Waals surface area contributed by atoms with Crippen molar-refractivity contribution in [3.05, 3.63) is 129 Å². The highest BCUT2D eigenvalue weighted by Gasteiger charge is 2.23. The molecule has 0 spiro atoms. The van der Waals surface area contributed by atoms with E-state index in [9.17, 15) is 23.3 Å². The van der Waals surface area contributed by atoms with Gasteiger partial charge in [0.25, 0.3) is 11.6 Å². The Hall–Kier alpha value is -4.28. The fraction of sp³-hybridized carbons (Fsp3) is 0.111. The van der Waals surface area contributed by atoms with E-state index in [1.807, 2.05) is 36.4 Å². The van der Waals surface area contributed by atoms with Gasteiger partial charge in [0.2, 0.25) is 10.0 Å². The number of sulfonamides is 1. The van der Waals surface area contributed by atoms with Gasteiger partial charge in [-0.2, -0.15) is 0 Å². The first-order valence-corrected chi connectivity index (χ1v) is 13.6. The van der Waals surface area contributed by atoms with E-state index in [-0.39, 0.29) is 28.8 Å². The molecule has 0 bridgehead atoms. The van der Waals surface area contributed by atoms with E-state index in [0.29, 0.717) is 16.8 Å². The normalized spacial score (nSPS) is 11.1. The third-order valence-electron chi connectivity index (χ3n) is 5.72. The summed E-state index contributed by atoms with van der Waals surface area (Å²) in [4.78, 5) is 27.3. The summed E-state index contributed by atoms with van der Waals surface area (Å²) in [6.07, 6.45) is 5.24. The topological polar surface area (TPSA) is 123 Å². The molecule has 0 atom stereocenters. The van der Waals surface area contributed by atoms with Crippen molar-refractivity contribution < 1.29 is 18.1 Å².